The van der Waals surface area contributed by atoms with Crippen molar-refractivity contribution in [1.82, 2.24) is 4.90 Å². The largest absolute Gasteiger partial charge is 0.397 e. The molecule has 2 fully saturated rings. The lowest BCUT2D eigenvalue weighted by Gasteiger charge is -2.33. The Labute approximate surface area is 130 Å². The van der Waals surface area contributed by atoms with Crippen molar-refractivity contribution in [1.29, 1.82) is 0 Å². The van der Waals surface area contributed by atoms with Gasteiger partial charge < -0.3 is 15.5 Å². The van der Waals surface area contributed by atoms with E-state index in [4.69, 9.17) is 5.73 Å². The number of Topliss-reactive ketones (excluding diaryl/α,β-unsaturated/α-hetero) is 1. The van der Waals surface area contributed by atoms with Crippen LogP contribution in [0.5, 0.6) is 0 Å². The predicted octanol–water partition coefficient (Wildman–Crippen LogP) is 2.80. The average Bonchev–Trinajstić information content (AvgIpc) is 3.22. The first-order valence-electron chi connectivity index (χ1n) is 7.89. The minimum Gasteiger partial charge on any atom is -0.397 e. The zero-order chi connectivity index (χ0) is 15.1. The van der Waals surface area contributed by atoms with Crippen LogP contribution in [0.2, 0.25) is 0 Å². The van der Waals surface area contributed by atoms with Gasteiger partial charge in [-0.1, -0.05) is 13.8 Å². The van der Waals surface area contributed by atoms with E-state index in [0.29, 0.717) is 5.92 Å². The van der Waals surface area contributed by atoms with Crippen molar-refractivity contribution in [2.45, 2.75) is 32.6 Å². The molecule has 1 saturated carbocycles. The summed E-state index contributed by atoms with van der Waals surface area (Å²) in [5.41, 5.74) is 8.42. The molecule has 0 amide bonds. The zero-order valence-electron chi connectivity index (χ0n) is 13.2. The van der Waals surface area contributed by atoms with E-state index in [9.17, 15) is 4.79 Å². The van der Waals surface area contributed by atoms with Gasteiger partial charge in [-0.2, -0.15) is 0 Å². The van der Waals surface area contributed by atoms with Crippen LogP contribution >= 0.6 is 11.3 Å². The molecular weight excluding hydrogens is 282 g/mol. The number of rotatable bonds is 4. The number of anilines is 2. The van der Waals surface area contributed by atoms with Gasteiger partial charge in [0.2, 0.25) is 0 Å². The molecule has 1 aliphatic carbocycles. The fraction of sp³-hybridized carbons (Fsp3) is 0.688. The molecule has 1 aromatic rings. The third kappa shape index (κ3) is 2.81. The number of thiophene rings is 1. The third-order valence-corrected chi connectivity index (χ3v) is 5.78. The Morgan fingerprint density at radius 1 is 1.24 bits per heavy atom. The number of nitrogen functional groups attached to an aromatic ring is 1. The van der Waals surface area contributed by atoms with Crippen LogP contribution in [0.4, 0.5) is 10.7 Å². The summed E-state index contributed by atoms with van der Waals surface area (Å²) >= 11 is 1.63. The van der Waals surface area contributed by atoms with Crippen molar-refractivity contribution >= 4 is 27.8 Å². The van der Waals surface area contributed by atoms with Crippen LogP contribution in [0.1, 0.15) is 47.8 Å². The van der Waals surface area contributed by atoms with Gasteiger partial charge >= 0.3 is 0 Å². The third-order valence-electron chi connectivity index (χ3n) is 4.49. The second-order valence-corrected chi connectivity index (χ2v) is 7.65. The molecule has 21 heavy (non-hydrogen) atoms. The molecule has 0 spiro atoms. The van der Waals surface area contributed by atoms with Gasteiger partial charge in [-0.05, 0) is 25.8 Å². The van der Waals surface area contributed by atoms with Crippen LogP contribution in [0.15, 0.2) is 0 Å². The molecule has 2 heterocycles. The van der Waals surface area contributed by atoms with Crippen molar-refractivity contribution in [3.05, 3.63) is 10.4 Å². The second kappa shape index (κ2) is 5.61. The van der Waals surface area contributed by atoms with Crippen molar-refractivity contribution in [3.8, 4) is 0 Å². The summed E-state index contributed by atoms with van der Waals surface area (Å²) < 4.78 is 0. The fourth-order valence-electron chi connectivity index (χ4n) is 2.90. The molecule has 2 aliphatic rings. The minimum atomic E-state index is 0.0124. The Hall–Kier alpha value is -1.07. The van der Waals surface area contributed by atoms with Gasteiger partial charge in [-0.25, -0.2) is 0 Å². The van der Waals surface area contributed by atoms with Gasteiger partial charge in [0.15, 0.2) is 5.78 Å². The normalized spacial score (nSPS) is 20.3. The Kier molecular flexibility index (Phi) is 3.97. The number of piperazine rings is 1. The van der Waals surface area contributed by atoms with E-state index < -0.39 is 0 Å². The molecule has 5 heteroatoms. The molecule has 1 aromatic heterocycles. The standard InChI is InChI=1S/C16H25N3OS/c1-10(2)14(20)15-13(17)12(11-4-5-11)16(21-15)19-8-6-18(3)7-9-19/h10-11H,4-9,17H2,1-3H3. The maximum Gasteiger partial charge on any atom is 0.177 e. The van der Waals surface area contributed by atoms with E-state index in [1.807, 2.05) is 13.8 Å². The van der Waals surface area contributed by atoms with Crippen LogP contribution in [0.3, 0.4) is 0 Å². The highest BCUT2D eigenvalue weighted by atomic mass is 32.1. The first-order valence-corrected chi connectivity index (χ1v) is 8.70. The molecule has 1 saturated heterocycles. The van der Waals surface area contributed by atoms with Crippen LogP contribution in [-0.2, 0) is 0 Å². The van der Waals surface area contributed by atoms with Crippen molar-refractivity contribution in [2.75, 3.05) is 43.9 Å². The quantitative estimate of drug-likeness (QED) is 0.869. The highest BCUT2D eigenvalue weighted by Gasteiger charge is 2.35. The Balaban J connectivity index is 1.95. The van der Waals surface area contributed by atoms with Gasteiger partial charge in [0.1, 0.15) is 0 Å². The Morgan fingerprint density at radius 2 is 1.86 bits per heavy atom. The highest BCUT2D eigenvalue weighted by Crippen LogP contribution is 2.52. The number of carbonyl (C=O) groups excluding carboxylic acids is 1. The minimum absolute atomic E-state index is 0.0124. The number of nitrogens with zero attached hydrogens (tertiary/aromatic N) is 2. The van der Waals surface area contributed by atoms with E-state index in [-0.39, 0.29) is 11.7 Å². The molecule has 2 N–H and O–H groups in total. The number of nitrogens with two attached hydrogens (primary N) is 1. The zero-order valence-corrected chi connectivity index (χ0v) is 14.0. The van der Waals surface area contributed by atoms with Crippen LogP contribution in [0, 0.1) is 5.92 Å². The van der Waals surface area contributed by atoms with Crippen molar-refractivity contribution in [3.63, 3.8) is 0 Å². The molecule has 0 radical (unpaired) electrons. The average molecular weight is 307 g/mol. The second-order valence-electron chi connectivity index (χ2n) is 6.65. The van der Waals surface area contributed by atoms with Gasteiger partial charge in [-0.15, -0.1) is 11.3 Å². The Morgan fingerprint density at radius 3 is 2.38 bits per heavy atom. The predicted molar refractivity (Wildman–Crippen MR) is 89.6 cm³/mol. The van der Waals surface area contributed by atoms with Crippen molar-refractivity contribution < 1.29 is 4.79 Å². The lowest BCUT2D eigenvalue weighted by Crippen LogP contribution is -2.44. The lowest BCUT2D eigenvalue weighted by atomic mass is 10.0. The lowest BCUT2D eigenvalue weighted by molar-refractivity contribution is 0.0944. The first kappa shape index (κ1) is 14.9. The first-order chi connectivity index (χ1) is 9.99. The van der Waals surface area contributed by atoms with E-state index >= 15 is 0 Å². The summed E-state index contributed by atoms with van der Waals surface area (Å²) in [4.78, 5) is 18.0. The molecule has 0 bridgehead atoms. The molecule has 0 unspecified atom stereocenters. The maximum absolute atomic E-state index is 12.4. The highest BCUT2D eigenvalue weighted by molar-refractivity contribution is 7.19. The van der Waals surface area contributed by atoms with E-state index in [1.165, 1.54) is 23.4 Å². The van der Waals surface area contributed by atoms with Crippen LogP contribution in [-0.4, -0.2) is 43.9 Å². The molecule has 0 atom stereocenters. The molecular formula is C16H25N3OS. The van der Waals surface area contributed by atoms with E-state index in [1.54, 1.807) is 11.3 Å². The van der Waals surface area contributed by atoms with Gasteiger partial charge in [0.05, 0.1) is 15.6 Å². The summed E-state index contributed by atoms with van der Waals surface area (Å²) in [5, 5.41) is 1.27. The molecule has 3 rings (SSSR count). The molecule has 1 aliphatic heterocycles. The fourth-order valence-corrected chi connectivity index (χ4v) is 4.35. The number of hydrogen-bond acceptors (Lipinski definition) is 5. The number of likely N-dealkylation sites (N-methyl/N-ethyl adjacent to an activating group) is 1. The molecule has 116 valence electrons. The summed E-state index contributed by atoms with van der Waals surface area (Å²) in [6.07, 6.45) is 2.44. The topological polar surface area (TPSA) is 49.6 Å². The maximum atomic E-state index is 12.4. The smallest absolute Gasteiger partial charge is 0.177 e. The summed E-state index contributed by atoms with van der Waals surface area (Å²) in [7, 11) is 2.16. The molecule has 4 nitrogen and oxygen atoms in total. The number of ketones is 1. The molecule has 0 aromatic carbocycles. The number of hydrogen-bond donors (Lipinski definition) is 1. The monoisotopic (exact) mass is 307 g/mol. The number of carbonyl (C=O) groups is 1. The van der Waals surface area contributed by atoms with Crippen LogP contribution < -0.4 is 10.6 Å². The van der Waals surface area contributed by atoms with Crippen molar-refractivity contribution in [2.24, 2.45) is 5.92 Å². The Bertz CT molecular complexity index is 540. The van der Waals surface area contributed by atoms with Gasteiger partial charge in [-0.3, -0.25) is 4.79 Å². The summed E-state index contributed by atoms with van der Waals surface area (Å²) in [6.45, 7) is 8.13. The summed E-state index contributed by atoms with van der Waals surface area (Å²) in [5.74, 6) is 0.794. The SMILES string of the molecule is CC(C)C(=O)c1sc(N2CCN(C)CC2)c(C2CC2)c1N. The van der Waals surface area contributed by atoms with Gasteiger partial charge in [0.25, 0.3) is 0 Å². The van der Waals surface area contributed by atoms with E-state index in [2.05, 4.69) is 16.8 Å². The van der Waals surface area contributed by atoms with Crippen LogP contribution in [0.25, 0.3) is 0 Å². The van der Waals surface area contributed by atoms with E-state index in [0.717, 1.165) is 36.7 Å². The summed E-state index contributed by atoms with van der Waals surface area (Å²) in [6, 6.07) is 0. The van der Waals surface area contributed by atoms with Gasteiger partial charge in [0, 0.05) is 37.7 Å².